The number of benzene rings is 1. The molecule has 1 aromatic carbocycles. The molecule has 0 fully saturated rings. The predicted octanol–water partition coefficient (Wildman–Crippen LogP) is 2.91. The number of hydrogen-bond acceptors (Lipinski definition) is 4. The van der Waals surface area contributed by atoms with Gasteiger partial charge in [0.05, 0.1) is 6.61 Å². The second kappa shape index (κ2) is 8.25. The number of para-hydroxylation sites is 1. The van der Waals surface area contributed by atoms with Crippen molar-refractivity contribution < 1.29 is 9.47 Å². The summed E-state index contributed by atoms with van der Waals surface area (Å²) in [5, 5.41) is 3.50. The van der Waals surface area contributed by atoms with Crippen LogP contribution in [0.4, 0.5) is 0 Å². The summed E-state index contributed by atoms with van der Waals surface area (Å²) in [7, 11) is 4.08. The van der Waals surface area contributed by atoms with Crippen LogP contribution in [-0.4, -0.2) is 44.3 Å². The van der Waals surface area contributed by atoms with E-state index in [2.05, 4.69) is 37.1 Å². The van der Waals surface area contributed by atoms with Crippen LogP contribution in [0.25, 0.3) is 0 Å². The smallest absolute Gasteiger partial charge is 0.165 e. The predicted molar refractivity (Wildman–Crippen MR) is 88.3 cm³/mol. The van der Waals surface area contributed by atoms with E-state index in [1.54, 1.807) is 0 Å². The summed E-state index contributed by atoms with van der Waals surface area (Å²) in [6.07, 6.45) is 0. The summed E-state index contributed by atoms with van der Waals surface area (Å²) >= 11 is 0. The number of ether oxygens (including phenoxy) is 2. The van der Waals surface area contributed by atoms with E-state index in [1.807, 2.05) is 33.2 Å². The van der Waals surface area contributed by atoms with Gasteiger partial charge in [0.15, 0.2) is 11.5 Å². The van der Waals surface area contributed by atoms with Gasteiger partial charge in [0.25, 0.3) is 0 Å². The van der Waals surface area contributed by atoms with E-state index in [-0.39, 0.29) is 5.54 Å². The number of hydrogen-bond donors (Lipinski definition) is 1. The third-order valence-corrected chi connectivity index (χ3v) is 2.95. The van der Waals surface area contributed by atoms with Gasteiger partial charge in [-0.05, 0) is 47.9 Å². The fourth-order valence-corrected chi connectivity index (χ4v) is 1.82. The topological polar surface area (TPSA) is 33.7 Å². The zero-order valence-electron chi connectivity index (χ0n) is 14.3. The fraction of sp³-hybridized carbons (Fsp3) is 0.647. The quantitative estimate of drug-likeness (QED) is 0.799. The first-order valence-electron chi connectivity index (χ1n) is 7.60. The Labute approximate surface area is 129 Å². The Hall–Kier alpha value is -1.26. The molecule has 0 spiro atoms. The molecule has 1 N–H and O–H groups in total. The minimum atomic E-state index is 0.0719. The zero-order valence-corrected chi connectivity index (χ0v) is 14.3. The highest BCUT2D eigenvalue weighted by Gasteiger charge is 2.14. The Morgan fingerprint density at radius 1 is 1.14 bits per heavy atom. The minimum absolute atomic E-state index is 0.0719. The normalized spacial score (nSPS) is 11.8. The van der Waals surface area contributed by atoms with E-state index < -0.39 is 0 Å². The lowest BCUT2D eigenvalue weighted by atomic mass is 10.1. The van der Waals surface area contributed by atoms with Crippen molar-refractivity contribution in [1.82, 2.24) is 10.2 Å². The lowest BCUT2D eigenvalue weighted by Crippen LogP contribution is -2.35. The molecule has 0 unspecified atom stereocenters. The van der Waals surface area contributed by atoms with Crippen molar-refractivity contribution in [1.29, 1.82) is 0 Å². The molecule has 1 aromatic rings. The molecule has 4 heteroatoms. The van der Waals surface area contributed by atoms with Crippen LogP contribution in [0.3, 0.4) is 0 Å². The minimum Gasteiger partial charge on any atom is -0.490 e. The number of nitrogens with one attached hydrogen (secondary N) is 1. The van der Waals surface area contributed by atoms with Crippen LogP contribution in [-0.2, 0) is 6.54 Å². The Bertz CT molecular complexity index is 425. The monoisotopic (exact) mass is 294 g/mol. The Kier molecular flexibility index (Phi) is 6.99. The van der Waals surface area contributed by atoms with Crippen molar-refractivity contribution in [2.24, 2.45) is 0 Å². The summed E-state index contributed by atoms with van der Waals surface area (Å²) in [5.74, 6) is 1.68. The van der Waals surface area contributed by atoms with Gasteiger partial charge < -0.3 is 19.7 Å². The average molecular weight is 294 g/mol. The highest BCUT2D eigenvalue weighted by Crippen LogP contribution is 2.31. The van der Waals surface area contributed by atoms with Crippen LogP contribution in [0, 0.1) is 0 Å². The average Bonchev–Trinajstić information content (AvgIpc) is 2.37. The molecular formula is C17H30N2O2. The van der Waals surface area contributed by atoms with Gasteiger partial charge in [-0.2, -0.15) is 0 Å². The molecule has 0 aliphatic carbocycles. The maximum atomic E-state index is 5.99. The molecule has 4 nitrogen and oxygen atoms in total. The van der Waals surface area contributed by atoms with Gasteiger partial charge in [-0.15, -0.1) is 0 Å². The molecule has 0 saturated carbocycles. The largest absolute Gasteiger partial charge is 0.490 e. The maximum Gasteiger partial charge on any atom is 0.165 e. The van der Waals surface area contributed by atoms with Crippen molar-refractivity contribution in [2.75, 3.05) is 33.9 Å². The lowest BCUT2D eigenvalue weighted by molar-refractivity contribution is 0.241. The molecule has 0 amide bonds. The Morgan fingerprint density at radius 2 is 1.86 bits per heavy atom. The van der Waals surface area contributed by atoms with Crippen molar-refractivity contribution in [3.8, 4) is 11.5 Å². The molecule has 21 heavy (non-hydrogen) atoms. The summed E-state index contributed by atoms with van der Waals surface area (Å²) in [6.45, 7) is 11.4. The summed E-state index contributed by atoms with van der Waals surface area (Å²) < 4.78 is 11.7. The molecule has 0 bridgehead atoms. The Balaban J connectivity index is 2.85. The van der Waals surface area contributed by atoms with Gasteiger partial charge >= 0.3 is 0 Å². The van der Waals surface area contributed by atoms with Crippen molar-refractivity contribution >= 4 is 0 Å². The second-order valence-corrected chi connectivity index (χ2v) is 6.43. The van der Waals surface area contributed by atoms with Gasteiger partial charge in [-0.3, -0.25) is 0 Å². The number of likely N-dealkylation sites (N-methyl/N-ethyl adjacent to an activating group) is 1. The number of nitrogens with zero attached hydrogens (tertiary/aromatic N) is 1. The summed E-state index contributed by atoms with van der Waals surface area (Å²) in [5.41, 5.74) is 1.21. The molecular weight excluding hydrogens is 264 g/mol. The molecule has 0 atom stereocenters. The molecule has 0 radical (unpaired) electrons. The molecule has 0 heterocycles. The third kappa shape index (κ3) is 6.82. The molecule has 1 rings (SSSR count). The van der Waals surface area contributed by atoms with E-state index in [0.717, 1.165) is 30.2 Å². The summed E-state index contributed by atoms with van der Waals surface area (Å²) in [6, 6.07) is 6.07. The van der Waals surface area contributed by atoms with E-state index in [4.69, 9.17) is 9.47 Å². The molecule has 0 saturated heterocycles. The van der Waals surface area contributed by atoms with Gasteiger partial charge in [-0.1, -0.05) is 12.1 Å². The second-order valence-electron chi connectivity index (χ2n) is 6.43. The van der Waals surface area contributed by atoms with Gasteiger partial charge in [-0.25, -0.2) is 0 Å². The molecule has 0 aromatic heterocycles. The van der Waals surface area contributed by atoms with E-state index in [1.165, 1.54) is 0 Å². The van der Waals surface area contributed by atoms with Gasteiger partial charge in [0, 0.05) is 24.2 Å². The fourth-order valence-electron chi connectivity index (χ4n) is 1.82. The molecule has 120 valence electrons. The van der Waals surface area contributed by atoms with Gasteiger partial charge in [0.1, 0.15) is 6.61 Å². The first-order chi connectivity index (χ1) is 9.83. The standard InChI is InChI=1S/C17H30N2O2/c1-7-20-15-10-8-9-14(13-18-17(2,3)4)16(15)21-12-11-19(5)6/h8-10,18H,7,11-13H2,1-6H3. The van der Waals surface area contributed by atoms with E-state index >= 15 is 0 Å². The van der Waals surface area contributed by atoms with Crippen LogP contribution in [0.1, 0.15) is 33.3 Å². The third-order valence-electron chi connectivity index (χ3n) is 2.95. The van der Waals surface area contributed by atoms with Crippen molar-refractivity contribution in [3.05, 3.63) is 23.8 Å². The van der Waals surface area contributed by atoms with Crippen LogP contribution in [0.5, 0.6) is 11.5 Å². The van der Waals surface area contributed by atoms with E-state index in [9.17, 15) is 0 Å². The van der Waals surface area contributed by atoms with Crippen molar-refractivity contribution in [2.45, 2.75) is 39.8 Å². The first kappa shape index (κ1) is 17.8. The van der Waals surface area contributed by atoms with Crippen molar-refractivity contribution in [3.63, 3.8) is 0 Å². The summed E-state index contributed by atoms with van der Waals surface area (Å²) in [4.78, 5) is 2.11. The van der Waals surface area contributed by atoms with Gasteiger partial charge in [0.2, 0.25) is 0 Å². The van der Waals surface area contributed by atoms with Crippen LogP contribution < -0.4 is 14.8 Å². The SMILES string of the molecule is CCOc1cccc(CNC(C)(C)C)c1OCCN(C)C. The van der Waals surface area contributed by atoms with Crippen LogP contribution in [0.2, 0.25) is 0 Å². The van der Waals surface area contributed by atoms with Crippen LogP contribution in [0.15, 0.2) is 18.2 Å². The number of rotatable bonds is 8. The van der Waals surface area contributed by atoms with Crippen LogP contribution >= 0.6 is 0 Å². The highest BCUT2D eigenvalue weighted by atomic mass is 16.5. The molecule has 0 aliphatic heterocycles. The Morgan fingerprint density at radius 3 is 2.43 bits per heavy atom. The maximum absolute atomic E-state index is 5.99. The highest BCUT2D eigenvalue weighted by molar-refractivity contribution is 5.46. The lowest BCUT2D eigenvalue weighted by Gasteiger charge is -2.23. The first-order valence-corrected chi connectivity index (χ1v) is 7.60. The van der Waals surface area contributed by atoms with E-state index in [0.29, 0.717) is 13.2 Å². The zero-order chi connectivity index (χ0) is 15.9. The molecule has 0 aliphatic rings.